The molecule has 0 atom stereocenters. The van der Waals surface area contributed by atoms with E-state index < -0.39 is 0 Å². The maximum Gasteiger partial charge on any atom is 0.120 e. The molecular formula is C16H32N4. The van der Waals surface area contributed by atoms with Crippen LogP contribution in [0.25, 0.3) is 0 Å². The van der Waals surface area contributed by atoms with Crippen LogP contribution < -0.4 is 0 Å². The summed E-state index contributed by atoms with van der Waals surface area (Å²) in [7, 11) is 2.16. The lowest BCUT2D eigenvalue weighted by atomic mass is 10.1. The Bertz CT molecular complexity index is 322. The molecule has 20 heavy (non-hydrogen) atoms. The largest absolute Gasteiger partial charge is 0.348 e. The van der Waals surface area contributed by atoms with Crippen LogP contribution in [0, 0.1) is 11.8 Å². The normalized spacial score (nSPS) is 12.2. The third kappa shape index (κ3) is 7.65. The zero-order valence-corrected chi connectivity index (χ0v) is 13.9. The fourth-order valence-corrected chi connectivity index (χ4v) is 2.57. The Morgan fingerprint density at radius 3 is 2.25 bits per heavy atom. The molecule has 0 saturated heterocycles. The van der Waals surface area contributed by atoms with Gasteiger partial charge < -0.3 is 9.88 Å². The molecule has 0 unspecified atom stereocenters. The van der Waals surface area contributed by atoms with Crippen molar-refractivity contribution < 1.29 is 0 Å². The molecule has 0 radical (unpaired) electrons. The lowest BCUT2D eigenvalue weighted by Crippen LogP contribution is -2.34. The first-order chi connectivity index (χ1) is 9.47. The molecule has 0 fully saturated rings. The fourth-order valence-electron chi connectivity index (χ4n) is 2.57. The Labute approximate surface area is 124 Å². The monoisotopic (exact) mass is 280 g/mol. The zero-order valence-electron chi connectivity index (χ0n) is 13.9. The first kappa shape index (κ1) is 17.2. The summed E-state index contributed by atoms with van der Waals surface area (Å²) in [5.74, 6) is 2.54. The lowest BCUT2D eigenvalue weighted by Gasteiger charge is -2.27. The Morgan fingerprint density at radius 1 is 1.10 bits per heavy atom. The smallest absolute Gasteiger partial charge is 0.120 e. The van der Waals surface area contributed by atoms with Gasteiger partial charge in [0.25, 0.3) is 0 Å². The van der Waals surface area contributed by atoms with E-state index in [1.165, 1.54) is 26.1 Å². The number of nitrogens with zero attached hydrogens (tertiary/aromatic N) is 3. The van der Waals surface area contributed by atoms with Gasteiger partial charge in [-0.1, -0.05) is 27.7 Å². The highest BCUT2D eigenvalue weighted by Crippen LogP contribution is 2.05. The molecule has 0 aromatic carbocycles. The number of hydrogen-bond acceptors (Lipinski definition) is 3. The summed E-state index contributed by atoms with van der Waals surface area (Å²) in [6, 6.07) is 0. The number of nitrogens with one attached hydrogen (secondary N) is 1. The number of aromatic nitrogens is 2. The van der Waals surface area contributed by atoms with Gasteiger partial charge in [0.15, 0.2) is 0 Å². The van der Waals surface area contributed by atoms with Crippen LogP contribution in [0.3, 0.4) is 0 Å². The van der Waals surface area contributed by atoms with Crippen LogP contribution in [0.15, 0.2) is 12.4 Å². The average Bonchev–Trinajstić information content (AvgIpc) is 2.79. The van der Waals surface area contributed by atoms with Crippen molar-refractivity contribution in [2.45, 2.75) is 40.7 Å². The Kier molecular flexibility index (Phi) is 7.85. The van der Waals surface area contributed by atoms with Gasteiger partial charge in [-0.05, 0) is 38.4 Å². The third-order valence-corrected chi connectivity index (χ3v) is 3.24. The van der Waals surface area contributed by atoms with Gasteiger partial charge in [0.2, 0.25) is 0 Å². The molecule has 0 amide bonds. The first-order valence-corrected chi connectivity index (χ1v) is 7.86. The van der Waals surface area contributed by atoms with Gasteiger partial charge in [-0.2, -0.15) is 0 Å². The summed E-state index contributed by atoms with van der Waals surface area (Å²) in [4.78, 5) is 12.4. The Balaban J connectivity index is 2.24. The molecule has 1 rings (SSSR count). The molecule has 0 aliphatic rings. The van der Waals surface area contributed by atoms with Crippen molar-refractivity contribution in [2.24, 2.45) is 11.8 Å². The number of aromatic amines is 1. The summed E-state index contributed by atoms with van der Waals surface area (Å²) >= 11 is 0. The van der Waals surface area contributed by atoms with E-state index in [-0.39, 0.29) is 0 Å². The maximum atomic E-state index is 4.27. The molecule has 4 heteroatoms. The minimum absolute atomic E-state index is 0.745. The van der Waals surface area contributed by atoms with E-state index in [1.54, 1.807) is 0 Å². The second-order valence-corrected chi connectivity index (χ2v) is 6.67. The number of imidazole rings is 1. The minimum Gasteiger partial charge on any atom is -0.348 e. The highest BCUT2D eigenvalue weighted by molar-refractivity contribution is 4.86. The van der Waals surface area contributed by atoms with Crippen LogP contribution >= 0.6 is 0 Å². The van der Waals surface area contributed by atoms with E-state index >= 15 is 0 Å². The summed E-state index contributed by atoms with van der Waals surface area (Å²) in [5.41, 5.74) is 0. The molecule has 0 aliphatic heterocycles. The Hall–Kier alpha value is -0.870. The molecule has 116 valence electrons. The van der Waals surface area contributed by atoms with Crippen LogP contribution in [0.5, 0.6) is 0 Å². The second-order valence-electron chi connectivity index (χ2n) is 6.67. The van der Waals surface area contributed by atoms with Crippen molar-refractivity contribution in [3.8, 4) is 0 Å². The SMILES string of the molecule is CC(C)CN(CCCN(C)Cc1ncc[nH]1)CC(C)C. The van der Waals surface area contributed by atoms with Crippen molar-refractivity contribution >= 4 is 0 Å². The summed E-state index contributed by atoms with van der Waals surface area (Å²) in [6.45, 7) is 14.8. The molecule has 0 bridgehead atoms. The number of H-pyrrole nitrogens is 1. The van der Waals surface area contributed by atoms with E-state index in [2.05, 4.69) is 54.5 Å². The van der Waals surface area contributed by atoms with Crippen molar-refractivity contribution in [2.75, 3.05) is 33.2 Å². The molecule has 1 aromatic rings. The van der Waals surface area contributed by atoms with Gasteiger partial charge in [-0.3, -0.25) is 4.90 Å². The van der Waals surface area contributed by atoms with Gasteiger partial charge in [0, 0.05) is 25.5 Å². The van der Waals surface area contributed by atoms with Crippen molar-refractivity contribution in [3.05, 3.63) is 18.2 Å². The molecule has 1 N–H and O–H groups in total. The van der Waals surface area contributed by atoms with Crippen LogP contribution in [0.1, 0.15) is 39.9 Å². The summed E-state index contributed by atoms with van der Waals surface area (Å²) < 4.78 is 0. The van der Waals surface area contributed by atoms with Gasteiger partial charge in [0.05, 0.1) is 6.54 Å². The van der Waals surface area contributed by atoms with Gasteiger partial charge in [-0.15, -0.1) is 0 Å². The van der Waals surface area contributed by atoms with E-state index in [1.807, 2.05) is 12.4 Å². The first-order valence-electron chi connectivity index (χ1n) is 7.86. The van der Waals surface area contributed by atoms with Crippen molar-refractivity contribution in [3.63, 3.8) is 0 Å². The topological polar surface area (TPSA) is 35.2 Å². The van der Waals surface area contributed by atoms with Crippen LogP contribution in [0.2, 0.25) is 0 Å². The fraction of sp³-hybridized carbons (Fsp3) is 0.812. The standard InChI is InChI=1S/C16H32N4/c1-14(2)11-20(12-15(3)4)10-6-9-19(5)13-16-17-7-8-18-16/h7-8,14-15H,6,9-13H2,1-5H3,(H,17,18). The van der Waals surface area contributed by atoms with Crippen molar-refractivity contribution in [1.29, 1.82) is 0 Å². The molecule has 0 saturated carbocycles. The van der Waals surface area contributed by atoms with Gasteiger partial charge >= 0.3 is 0 Å². The van der Waals surface area contributed by atoms with E-state index in [0.717, 1.165) is 30.7 Å². The molecule has 4 nitrogen and oxygen atoms in total. The summed E-state index contributed by atoms with van der Waals surface area (Å²) in [6.07, 6.45) is 4.92. The van der Waals surface area contributed by atoms with Gasteiger partial charge in [-0.25, -0.2) is 4.98 Å². The van der Waals surface area contributed by atoms with E-state index in [4.69, 9.17) is 0 Å². The molecule has 0 aliphatic carbocycles. The quantitative estimate of drug-likeness (QED) is 0.716. The molecule has 1 aromatic heterocycles. The van der Waals surface area contributed by atoms with E-state index in [0.29, 0.717) is 0 Å². The highest BCUT2D eigenvalue weighted by Gasteiger charge is 2.10. The van der Waals surface area contributed by atoms with Crippen molar-refractivity contribution in [1.82, 2.24) is 19.8 Å². The number of hydrogen-bond donors (Lipinski definition) is 1. The molecule has 0 spiro atoms. The predicted octanol–water partition coefficient (Wildman–Crippen LogP) is 2.85. The summed E-state index contributed by atoms with van der Waals surface area (Å²) in [5, 5.41) is 0. The molecule has 1 heterocycles. The Morgan fingerprint density at radius 2 is 1.75 bits per heavy atom. The van der Waals surface area contributed by atoms with Crippen LogP contribution in [-0.4, -0.2) is 53.0 Å². The van der Waals surface area contributed by atoms with Crippen LogP contribution in [0.4, 0.5) is 0 Å². The zero-order chi connectivity index (χ0) is 15.0. The van der Waals surface area contributed by atoms with Crippen LogP contribution in [-0.2, 0) is 6.54 Å². The molecular weight excluding hydrogens is 248 g/mol. The third-order valence-electron chi connectivity index (χ3n) is 3.24. The van der Waals surface area contributed by atoms with E-state index in [9.17, 15) is 0 Å². The average molecular weight is 280 g/mol. The number of rotatable bonds is 10. The predicted molar refractivity (Wildman–Crippen MR) is 85.7 cm³/mol. The highest BCUT2D eigenvalue weighted by atomic mass is 15.1. The second kappa shape index (κ2) is 9.14. The lowest BCUT2D eigenvalue weighted by molar-refractivity contribution is 0.202. The maximum absolute atomic E-state index is 4.27. The minimum atomic E-state index is 0.745. The van der Waals surface area contributed by atoms with Gasteiger partial charge in [0.1, 0.15) is 5.82 Å².